The summed E-state index contributed by atoms with van der Waals surface area (Å²) in [7, 11) is 0. The molecule has 0 amide bonds. The molecule has 0 unspecified atom stereocenters. The average molecular weight is 326 g/mol. The fourth-order valence-corrected chi connectivity index (χ4v) is 3.37. The number of hydrogen-bond donors (Lipinski definition) is 0. The molecule has 0 N–H and O–H groups in total. The van der Waals surface area contributed by atoms with Crippen LogP contribution in [0.4, 0.5) is 0 Å². The van der Waals surface area contributed by atoms with Crippen molar-refractivity contribution in [1.82, 2.24) is 19.7 Å². The predicted molar refractivity (Wildman–Crippen MR) is 89.2 cm³/mol. The summed E-state index contributed by atoms with van der Waals surface area (Å²) >= 11 is 0. The van der Waals surface area contributed by atoms with Crippen LogP contribution in [0.15, 0.2) is 45.7 Å². The number of nitrogens with zero attached hydrogens (tertiary/aromatic N) is 4. The number of oxazole rings is 1. The van der Waals surface area contributed by atoms with Crippen LogP contribution in [0.5, 0.6) is 0 Å². The van der Waals surface area contributed by atoms with Gasteiger partial charge in [0.2, 0.25) is 0 Å². The predicted octanol–water partition coefficient (Wildman–Crippen LogP) is 3.49. The number of aryl methyl sites for hydroxylation is 1. The number of hydrogen-bond acceptors (Lipinski definition) is 5. The lowest BCUT2D eigenvalue weighted by atomic mass is 10.0. The van der Waals surface area contributed by atoms with Crippen molar-refractivity contribution in [2.45, 2.75) is 45.3 Å². The number of rotatable bonds is 5. The molecular weight excluding hydrogens is 304 g/mol. The lowest BCUT2D eigenvalue weighted by molar-refractivity contribution is 0.120. The number of furan rings is 1. The van der Waals surface area contributed by atoms with E-state index in [1.54, 1.807) is 6.26 Å². The quantitative estimate of drug-likeness (QED) is 0.718. The van der Waals surface area contributed by atoms with Gasteiger partial charge in [-0.25, -0.2) is 4.98 Å². The van der Waals surface area contributed by atoms with Gasteiger partial charge in [0.15, 0.2) is 5.76 Å². The van der Waals surface area contributed by atoms with E-state index in [0.29, 0.717) is 17.7 Å². The molecule has 0 aromatic carbocycles. The van der Waals surface area contributed by atoms with Gasteiger partial charge in [0.05, 0.1) is 18.5 Å². The third-order valence-electron chi connectivity index (χ3n) is 4.68. The molecule has 1 saturated heterocycles. The highest BCUT2D eigenvalue weighted by molar-refractivity contribution is 5.44. The maximum absolute atomic E-state index is 5.79. The maximum Gasteiger partial charge on any atom is 0.263 e. The first-order chi connectivity index (χ1) is 11.8. The molecule has 1 fully saturated rings. The van der Waals surface area contributed by atoms with Gasteiger partial charge in [0, 0.05) is 25.0 Å². The van der Waals surface area contributed by atoms with E-state index < -0.39 is 0 Å². The van der Waals surface area contributed by atoms with Crippen molar-refractivity contribution in [2.75, 3.05) is 6.54 Å². The van der Waals surface area contributed by atoms with Crippen LogP contribution in [0.3, 0.4) is 0 Å². The summed E-state index contributed by atoms with van der Waals surface area (Å²) in [6.07, 6.45) is 9.21. The molecule has 4 heterocycles. The van der Waals surface area contributed by atoms with Gasteiger partial charge in [-0.3, -0.25) is 9.58 Å². The molecule has 0 bridgehead atoms. The van der Waals surface area contributed by atoms with E-state index in [4.69, 9.17) is 8.83 Å². The van der Waals surface area contributed by atoms with Crippen LogP contribution < -0.4 is 0 Å². The van der Waals surface area contributed by atoms with E-state index in [2.05, 4.69) is 15.0 Å². The maximum atomic E-state index is 5.79. The summed E-state index contributed by atoms with van der Waals surface area (Å²) in [4.78, 5) is 7.16. The van der Waals surface area contributed by atoms with Crippen molar-refractivity contribution >= 4 is 0 Å². The molecule has 0 spiro atoms. The van der Waals surface area contributed by atoms with E-state index in [1.807, 2.05) is 42.2 Å². The summed E-state index contributed by atoms with van der Waals surface area (Å²) in [5.41, 5.74) is 0.994. The molecule has 6 heteroatoms. The van der Waals surface area contributed by atoms with Crippen LogP contribution in [-0.2, 0) is 13.1 Å². The highest BCUT2D eigenvalue weighted by Crippen LogP contribution is 2.25. The normalized spacial score (nSPS) is 19.0. The Bertz CT molecular complexity index is 761. The smallest absolute Gasteiger partial charge is 0.263 e. The second-order valence-corrected chi connectivity index (χ2v) is 6.35. The molecule has 3 aromatic rings. The molecule has 24 heavy (non-hydrogen) atoms. The zero-order valence-corrected chi connectivity index (χ0v) is 13.9. The number of aromatic nitrogens is 3. The Morgan fingerprint density at radius 3 is 3.04 bits per heavy atom. The van der Waals surface area contributed by atoms with Crippen molar-refractivity contribution in [1.29, 1.82) is 0 Å². The second kappa shape index (κ2) is 6.65. The Balaban J connectivity index is 1.50. The van der Waals surface area contributed by atoms with Crippen LogP contribution in [-0.4, -0.2) is 32.3 Å². The van der Waals surface area contributed by atoms with Crippen LogP contribution in [0.2, 0.25) is 0 Å². The summed E-state index contributed by atoms with van der Waals surface area (Å²) in [5.74, 6) is 2.11. The SMILES string of the molecule is Cc1oc(-c2ccco2)nc1CN1CCCC[C@@H]1Cn1cccn1. The summed E-state index contributed by atoms with van der Waals surface area (Å²) in [6, 6.07) is 6.18. The molecular formula is C18H22N4O2. The largest absolute Gasteiger partial charge is 0.459 e. The van der Waals surface area contributed by atoms with Crippen molar-refractivity contribution < 1.29 is 8.83 Å². The Kier molecular flexibility index (Phi) is 4.21. The molecule has 126 valence electrons. The molecule has 6 nitrogen and oxygen atoms in total. The van der Waals surface area contributed by atoms with Crippen LogP contribution in [0, 0.1) is 6.92 Å². The van der Waals surface area contributed by atoms with E-state index in [9.17, 15) is 0 Å². The minimum Gasteiger partial charge on any atom is -0.459 e. The number of piperidine rings is 1. The zero-order chi connectivity index (χ0) is 16.4. The Labute approximate surface area is 141 Å². The fourth-order valence-electron chi connectivity index (χ4n) is 3.37. The second-order valence-electron chi connectivity index (χ2n) is 6.35. The van der Waals surface area contributed by atoms with Gasteiger partial charge in [0.25, 0.3) is 5.89 Å². The molecule has 0 saturated carbocycles. The van der Waals surface area contributed by atoms with Crippen molar-refractivity contribution in [3.8, 4) is 11.7 Å². The molecule has 1 atom stereocenters. The van der Waals surface area contributed by atoms with Gasteiger partial charge in [-0.2, -0.15) is 5.10 Å². The standard InChI is InChI=1S/C18H22N4O2/c1-14-16(20-18(24-14)17-7-4-11-23-17)13-21-9-3-2-6-15(21)12-22-10-5-8-19-22/h4-5,7-8,10-11,15H,2-3,6,9,12-13H2,1H3/t15-/m1/s1. The lowest BCUT2D eigenvalue weighted by Gasteiger charge is -2.35. The van der Waals surface area contributed by atoms with Gasteiger partial charge in [-0.15, -0.1) is 0 Å². The van der Waals surface area contributed by atoms with Crippen molar-refractivity contribution in [3.63, 3.8) is 0 Å². The van der Waals surface area contributed by atoms with Crippen LogP contribution in [0.25, 0.3) is 11.7 Å². The topological polar surface area (TPSA) is 60.2 Å². The molecule has 1 aliphatic rings. The third-order valence-corrected chi connectivity index (χ3v) is 4.68. The first kappa shape index (κ1) is 15.2. The van der Waals surface area contributed by atoms with E-state index in [0.717, 1.165) is 31.1 Å². The van der Waals surface area contributed by atoms with Crippen molar-refractivity contribution in [2.24, 2.45) is 0 Å². The molecule has 0 radical (unpaired) electrons. The summed E-state index contributed by atoms with van der Waals surface area (Å²) < 4.78 is 13.2. The van der Waals surface area contributed by atoms with Gasteiger partial charge in [-0.1, -0.05) is 6.42 Å². The fraction of sp³-hybridized carbons (Fsp3) is 0.444. The Morgan fingerprint density at radius 1 is 1.29 bits per heavy atom. The highest BCUT2D eigenvalue weighted by atomic mass is 16.4. The molecule has 4 rings (SSSR count). The Morgan fingerprint density at radius 2 is 2.25 bits per heavy atom. The van der Waals surface area contributed by atoms with E-state index in [-0.39, 0.29) is 0 Å². The highest BCUT2D eigenvalue weighted by Gasteiger charge is 2.25. The van der Waals surface area contributed by atoms with Gasteiger partial charge in [-0.05, 0) is 44.5 Å². The monoisotopic (exact) mass is 326 g/mol. The lowest BCUT2D eigenvalue weighted by Crippen LogP contribution is -2.41. The minimum atomic E-state index is 0.488. The molecule has 1 aliphatic heterocycles. The third kappa shape index (κ3) is 3.14. The van der Waals surface area contributed by atoms with E-state index in [1.165, 1.54) is 19.3 Å². The van der Waals surface area contributed by atoms with Gasteiger partial charge < -0.3 is 8.83 Å². The van der Waals surface area contributed by atoms with Gasteiger partial charge >= 0.3 is 0 Å². The molecule has 0 aliphatic carbocycles. The van der Waals surface area contributed by atoms with Gasteiger partial charge in [0.1, 0.15) is 5.76 Å². The van der Waals surface area contributed by atoms with Crippen molar-refractivity contribution in [3.05, 3.63) is 48.3 Å². The first-order valence-electron chi connectivity index (χ1n) is 8.51. The zero-order valence-electron chi connectivity index (χ0n) is 13.9. The Hall–Kier alpha value is -2.34. The average Bonchev–Trinajstić information content (AvgIpc) is 3.32. The molecule has 3 aromatic heterocycles. The first-order valence-corrected chi connectivity index (χ1v) is 8.51. The van der Waals surface area contributed by atoms with E-state index >= 15 is 0 Å². The summed E-state index contributed by atoms with van der Waals surface area (Å²) in [6.45, 7) is 4.80. The number of likely N-dealkylation sites (tertiary alicyclic amines) is 1. The van der Waals surface area contributed by atoms with Crippen LogP contribution in [0.1, 0.15) is 30.7 Å². The summed E-state index contributed by atoms with van der Waals surface area (Å²) in [5, 5.41) is 4.35. The minimum absolute atomic E-state index is 0.488. The van der Waals surface area contributed by atoms with Crippen LogP contribution >= 0.6 is 0 Å².